The lowest BCUT2D eigenvalue weighted by Gasteiger charge is -2.06. The Morgan fingerprint density at radius 2 is 1.04 bits per heavy atom. The topological polar surface area (TPSA) is 26.3 Å². The summed E-state index contributed by atoms with van der Waals surface area (Å²) in [5.41, 5.74) is 0. The van der Waals surface area contributed by atoms with Crippen LogP contribution in [-0.4, -0.2) is 12.6 Å². The van der Waals surface area contributed by atoms with Gasteiger partial charge in [0.1, 0.15) is 0 Å². The van der Waals surface area contributed by atoms with E-state index in [0.717, 1.165) is 12.8 Å². The molecule has 0 heterocycles. The first-order chi connectivity index (χ1) is 12.7. The molecule has 0 spiro atoms. The summed E-state index contributed by atoms with van der Waals surface area (Å²) in [6.45, 7) is 7.19. The Hall–Kier alpha value is -0.530. The number of hydrogen-bond donors (Lipinski definition) is 0. The van der Waals surface area contributed by atoms with E-state index in [-0.39, 0.29) is 5.97 Å². The Labute approximate surface area is 164 Å². The average molecular weight is 369 g/mol. The molecule has 0 aliphatic rings. The van der Waals surface area contributed by atoms with Crippen molar-refractivity contribution in [3.05, 3.63) is 0 Å². The van der Waals surface area contributed by atoms with Gasteiger partial charge in [-0.05, 0) is 18.8 Å². The van der Waals surface area contributed by atoms with Gasteiger partial charge in [0.25, 0.3) is 0 Å². The molecule has 26 heavy (non-hydrogen) atoms. The summed E-state index contributed by atoms with van der Waals surface area (Å²) in [5, 5.41) is 0. The van der Waals surface area contributed by atoms with Crippen molar-refractivity contribution in [1.29, 1.82) is 0 Å². The summed E-state index contributed by atoms with van der Waals surface area (Å²) >= 11 is 0. The van der Waals surface area contributed by atoms with Crippen LogP contribution in [0.25, 0.3) is 0 Å². The summed E-state index contributed by atoms with van der Waals surface area (Å²) in [4.78, 5) is 11.5. The van der Waals surface area contributed by atoms with Crippen molar-refractivity contribution in [3.63, 3.8) is 0 Å². The van der Waals surface area contributed by atoms with Crippen LogP contribution < -0.4 is 0 Å². The fraction of sp³-hybridized carbons (Fsp3) is 0.958. The van der Waals surface area contributed by atoms with Crippen molar-refractivity contribution in [2.45, 2.75) is 136 Å². The molecule has 0 N–H and O–H groups in total. The van der Waals surface area contributed by atoms with E-state index in [2.05, 4.69) is 20.8 Å². The highest BCUT2D eigenvalue weighted by Crippen LogP contribution is 2.13. The van der Waals surface area contributed by atoms with Crippen LogP contribution in [0.5, 0.6) is 0 Å². The molecule has 2 nitrogen and oxygen atoms in total. The maximum atomic E-state index is 11.5. The highest BCUT2D eigenvalue weighted by Gasteiger charge is 2.04. The normalized spacial score (nSPS) is 11.2. The molecule has 0 bridgehead atoms. The number of rotatable bonds is 20. The predicted octanol–water partition coefficient (Wildman–Crippen LogP) is 8.23. The zero-order valence-corrected chi connectivity index (χ0v) is 18.3. The lowest BCUT2D eigenvalue weighted by Crippen LogP contribution is -2.06. The molecular formula is C24H48O2. The van der Waals surface area contributed by atoms with Gasteiger partial charge in [0.15, 0.2) is 0 Å². The standard InChI is InChI=1S/C24H48O2/c1-4-5-6-7-8-9-10-11-12-13-14-15-16-17-18-19-22-26-24(25)21-20-23(2)3/h23H,4-22H2,1-3H3. The van der Waals surface area contributed by atoms with E-state index < -0.39 is 0 Å². The van der Waals surface area contributed by atoms with E-state index in [9.17, 15) is 4.79 Å². The molecule has 0 aromatic rings. The Morgan fingerprint density at radius 1 is 0.654 bits per heavy atom. The zero-order valence-electron chi connectivity index (χ0n) is 18.3. The Bertz CT molecular complexity index is 286. The zero-order chi connectivity index (χ0) is 19.3. The number of hydrogen-bond acceptors (Lipinski definition) is 2. The fourth-order valence-electron chi connectivity index (χ4n) is 3.31. The molecule has 0 aromatic heterocycles. The quantitative estimate of drug-likeness (QED) is 0.160. The summed E-state index contributed by atoms with van der Waals surface area (Å²) < 4.78 is 5.27. The van der Waals surface area contributed by atoms with Crippen LogP contribution in [0.3, 0.4) is 0 Å². The van der Waals surface area contributed by atoms with Gasteiger partial charge in [-0.2, -0.15) is 0 Å². The van der Waals surface area contributed by atoms with Gasteiger partial charge in [0, 0.05) is 6.42 Å². The lowest BCUT2D eigenvalue weighted by atomic mass is 10.0. The number of carbonyl (C=O) groups excluding carboxylic acids is 1. The smallest absolute Gasteiger partial charge is 0.305 e. The Kier molecular flexibility index (Phi) is 20.4. The van der Waals surface area contributed by atoms with Crippen molar-refractivity contribution in [3.8, 4) is 0 Å². The highest BCUT2D eigenvalue weighted by molar-refractivity contribution is 5.69. The third-order valence-electron chi connectivity index (χ3n) is 5.19. The van der Waals surface area contributed by atoms with Gasteiger partial charge in [0.2, 0.25) is 0 Å². The minimum absolute atomic E-state index is 0.0142. The van der Waals surface area contributed by atoms with Crippen LogP contribution in [0.2, 0.25) is 0 Å². The molecule has 0 unspecified atom stereocenters. The van der Waals surface area contributed by atoms with Gasteiger partial charge in [-0.1, -0.05) is 117 Å². The molecule has 0 saturated heterocycles. The predicted molar refractivity (Wildman–Crippen MR) is 115 cm³/mol. The first kappa shape index (κ1) is 25.5. The first-order valence-corrected chi connectivity index (χ1v) is 11.8. The molecule has 0 amide bonds. The Balaban J connectivity index is 3.08. The van der Waals surface area contributed by atoms with Gasteiger partial charge in [-0.15, -0.1) is 0 Å². The molecule has 2 heteroatoms. The van der Waals surface area contributed by atoms with Crippen LogP contribution in [0, 0.1) is 5.92 Å². The second-order valence-electron chi connectivity index (χ2n) is 8.46. The Morgan fingerprint density at radius 3 is 1.42 bits per heavy atom. The number of carbonyl (C=O) groups is 1. The molecule has 0 aromatic carbocycles. The second-order valence-corrected chi connectivity index (χ2v) is 8.46. The van der Waals surface area contributed by atoms with Gasteiger partial charge in [-0.25, -0.2) is 0 Å². The maximum absolute atomic E-state index is 11.5. The largest absolute Gasteiger partial charge is 0.466 e. The SMILES string of the molecule is CCCCCCCCCCCCCCCCCCOC(=O)CCC(C)C. The molecule has 0 saturated carbocycles. The number of unbranched alkanes of at least 4 members (excludes halogenated alkanes) is 15. The van der Waals surface area contributed by atoms with Crippen LogP contribution in [0.4, 0.5) is 0 Å². The van der Waals surface area contributed by atoms with E-state index in [1.807, 2.05) is 0 Å². The average Bonchev–Trinajstić information content (AvgIpc) is 2.62. The first-order valence-electron chi connectivity index (χ1n) is 11.8. The summed E-state index contributed by atoms with van der Waals surface area (Å²) in [7, 11) is 0. The second kappa shape index (κ2) is 20.8. The molecule has 0 aliphatic carbocycles. The van der Waals surface area contributed by atoms with Crippen LogP contribution in [0.1, 0.15) is 136 Å². The summed E-state index contributed by atoms with van der Waals surface area (Å²) in [5.74, 6) is 0.567. The van der Waals surface area contributed by atoms with Crippen molar-refractivity contribution >= 4 is 5.97 Å². The molecule has 0 fully saturated rings. The molecular weight excluding hydrogens is 320 g/mol. The van der Waals surface area contributed by atoms with Crippen molar-refractivity contribution in [2.75, 3.05) is 6.61 Å². The van der Waals surface area contributed by atoms with Gasteiger partial charge in [-0.3, -0.25) is 4.79 Å². The van der Waals surface area contributed by atoms with Crippen LogP contribution in [0.15, 0.2) is 0 Å². The molecule has 0 radical (unpaired) electrons. The monoisotopic (exact) mass is 368 g/mol. The van der Waals surface area contributed by atoms with Crippen molar-refractivity contribution in [2.24, 2.45) is 5.92 Å². The third-order valence-corrected chi connectivity index (χ3v) is 5.19. The van der Waals surface area contributed by atoms with Crippen molar-refractivity contribution in [1.82, 2.24) is 0 Å². The number of ether oxygens (including phenoxy) is 1. The van der Waals surface area contributed by atoms with Gasteiger partial charge in [0.05, 0.1) is 6.61 Å². The van der Waals surface area contributed by atoms with Crippen LogP contribution >= 0.6 is 0 Å². The fourth-order valence-corrected chi connectivity index (χ4v) is 3.31. The molecule has 0 atom stereocenters. The van der Waals surface area contributed by atoms with Gasteiger partial charge >= 0.3 is 5.97 Å². The van der Waals surface area contributed by atoms with Gasteiger partial charge < -0.3 is 4.74 Å². The third kappa shape index (κ3) is 21.5. The van der Waals surface area contributed by atoms with E-state index >= 15 is 0 Å². The highest BCUT2D eigenvalue weighted by atomic mass is 16.5. The number of esters is 1. The summed E-state index contributed by atoms with van der Waals surface area (Å²) in [6.07, 6.45) is 23.5. The van der Waals surface area contributed by atoms with E-state index in [1.165, 1.54) is 96.3 Å². The minimum Gasteiger partial charge on any atom is -0.466 e. The van der Waals surface area contributed by atoms with Crippen molar-refractivity contribution < 1.29 is 9.53 Å². The lowest BCUT2D eigenvalue weighted by molar-refractivity contribution is -0.144. The van der Waals surface area contributed by atoms with E-state index in [0.29, 0.717) is 18.9 Å². The van der Waals surface area contributed by atoms with E-state index in [4.69, 9.17) is 4.74 Å². The molecule has 156 valence electrons. The molecule has 0 aliphatic heterocycles. The van der Waals surface area contributed by atoms with Crippen LogP contribution in [-0.2, 0) is 9.53 Å². The summed E-state index contributed by atoms with van der Waals surface area (Å²) in [6, 6.07) is 0. The maximum Gasteiger partial charge on any atom is 0.305 e. The minimum atomic E-state index is -0.0142. The molecule has 0 rings (SSSR count). The van der Waals surface area contributed by atoms with E-state index in [1.54, 1.807) is 0 Å².